The van der Waals surface area contributed by atoms with Gasteiger partial charge in [0.25, 0.3) is 0 Å². The van der Waals surface area contributed by atoms with Crippen molar-refractivity contribution in [3.8, 4) is 0 Å². The highest BCUT2D eigenvalue weighted by Crippen LogP contribution is 2.21. The van der Waals surface area contributed by atoms with Crippen molar-refractivity contribution in [2.45, 2.75) is 0 Å². The molecular weight excluding hydrogens is 340 g/mol. The third kappa shape index (κ3) is 3.67. The summed E-state index contributed by atoms with van der Waals surface area (Å²) in [6, 6.07) is 13.7. The van der Waals surface area contributed by atoms with Gasteiger partial charge in [-0.25, -0.2) is 15.0 Å². The standard InChI is InChI=1S/C20H22N6O/c1-24(20-16-6-2-3-7-17(16)22-15-23-20)14-19(27)26-12-10-25(11-13-26)18-8-4-5-9-21-18/h2-9,15H,10-14H2,1H3. The number of amides is 1. The number of anilines is 2. The number of aromatic nitrogens is 3. The lowest BCUT2D eigenvalue weighted by atomic mass is 10.2. The molecule has 7 heteroatoms. The topological polar surface area (TPSA) is 65.5 Å². The Morgan fingerprint density at radius 2 is 1.78 bits per heavy atom. The van der Waals surface area contributed by atoms with Crippen molar-refractivity contribution in [3.63, 3.8) is 0 Å². The molecule has 27 heavy (non-hydrogen) atoms. The lowest BCUT2D eigenvalue weighted by molar-refractivity contribution is -0.129. The number of likely N-dealkylation sites (N-methyl/N-ethyl adjacent to an activating group) is 1. The molecular formula is C20H22N6O. The molecule has 0 unspecified atom stereocenters. The normalized spacial score (nSPS) is 14.4. The van der Waals surface area contributed by atoms with Crippen LogP contribution < -0.4 is 9.80 Å². The van der Waals surface area contributed by atoms with Gasteiger partial charge < -0.3 is 14.7 Å². The number of benzene rings is 1. The molecule has 1 saturated heterocycles. The summed E-state index contributed by atoms with van der Waals surface area (Å²) >= 11 is 0. The number of fused-ring (bicyclic) bond motifs is 1. The van der Waals surface area contributed by atoms with Crippen molar-refractivity contribution in [3.05, 3.63) is 55.0 Å². The molecule has 3 aromatic rings. The van der Waals surface area contributed by atoms with Gasteiger partial charge in [0.05, 0.1) is 12.1 Å². The number of carbonyl (C=O) groups is 1. The van der Waals surface area contributed by atoms with E-state index in [9.17, 15) is 4.79 Å². The smallest absolute Gasteiger partial charge is 0.242 e. The molecule has 0 spiro atoms. The molecule has 0 radical (unpaired) electrons. The second kappa shape index (κ2) is 7.57. The number of rotatable bonds is 4. The molecule has 0 N–H and O–H groups in total. The molecule has 1 aromatic carbocycles. The quantitative estimate of drug-likeness (QED) is 0.705. The van der Waals surface area contributed by atoms with Crippen molar-refractivity contribution < 1.29 is 4.79 Å². The Labute approximate surface area is 158 Å². The summed E-state index contributed by atoms with van der Waals surface area (Å²) in [6.07, 6.45) is 3.35. The van der Waals surface area contributed by atoms with Crippen LogP contribution in [-0.2, 0) is 4.79 Å². The summed E-state index contributed by atoms with van der Waals surface area (Å²) in [5, 5.41) is 0.954. The van der Waals surface area contributed by atoms with Gasteiger partial charge in [0.15, 0.2) is 0 Å². The second-order valence-electron chi connectivity index (χ2n) is 6.63. The third-order valence-corrected chi connectivity index (χ3v) is 4.86. The number of hydrogen-bond acceptors (Lipinski definition) is 6. The largest absolute Gasteiger partial charge is 0.353 e. The molecule has 0 saturated carbocycles. The van der Waals surface area contributed by atoms with Crippen LogP contribution in [0.25, 0.3) is 10.9 Å². The van der Waals surface area contributed by atoms with E-state index in [1.165, 1.54) is 0 Å². The van der Waals surface area contributed by atoms with Crippen molar-refractivity contribution in [1.29, 1.82) is 0 Å². The number of piperazine rings is 1. The van der Waals surface area contributed by atoms with Crippen LogP contribution in [0.2, 0.25) is 0 Å². The van der Waals surface area contributed by atoms with E-state index < -0.39 is 0 Å². The first-order valence-electron chi connectivity index (χ1n) is 9.07. The SMILES string of the molecule is CN(CC(=O)N1CCN(c2ccccn2)CC1)c1ncnc2ccccc12. The number of carbonyl (C=O) groups excluding carboxylic acids is 1. The Morgan fingerprint density at radius 3 is 2.56 bits per heavy atom. The first-order valence-corrected chi connectivity index (χ1v) is 9.07. The highest BCUT2D eigenvalue weighted by Gasteiger charge is 2.23. The summed E-state index contributed by atoms with van der Waals surface area (Å²) in [7, 11) is 1.90. The first-order chi connectivity index (χ1) is 13.2. The Bertz CT molecular complexity index is 919. The van der Waals surface area contributed by atoms with E-state index in [4.69, 9.17) is 0 Å². The minimum absolute atomic E-state index is 0.112. The molecule has 1 aliphatic heterocycles. The van der Waals surface area contributed by atoms with E-state index in [1.807, 2.05) is 59.3 Å². The summed E-state index contributed by atoms with van der Waals surface area (Å²) in [5.74, 6) is 1.86. The van der Waals surface area contributed by atoms with Gasteiger partial charge >= 0.3 is 0 Å². The van der Waals surface area contributed by atoms with Gasteiger partial charge in [-0.2, -0.15) is 0 Å². The Balaban J connectivity index is 1.39. The van der Waals surface area contributed by atoms with Gasteiger partial charge in [0.2, 0.25) is 5.91 Å². The number of nitrogens with zero attached hydrogens (tertiary/aromatic N) is 6. The maximum absolute atomic E-state index is 12.8. The van der Waals surface area contributed by atoms with Gasteiger partial charge in [0.1, 0.15) is 18.0 Å². The lowest BCUT2D eigenvalue weighted by Gasteiger charge is -2.36. The molecule has 0 aliphatic carbocycles. The molecule has 138 valence electrons. The Kier molecular flexibility index (Phi) is 4.82. The van der Waals surface area contributed by atoms with Crippen molar-refractivity contribution in [2.24, 2.45) is 0 Å². The highest BCUT2D eigenvalue weighted by molar-refractivity contribution is 5.91. The van der Waals surface area contributed by atoms with E-state index >= 15 is 0 Å². The molecule has 3 heterocycles. The second-order valence-corrected chi connectivity index (χ2v) is 6.63. The van der Waals surface area contributed by atoms with E-state index in [0.717, 1.165) is 35.6 Å². The van der Waals surface area contributed by atoms with E-state index in [1.54, 1.807) is 12.5 Å². The van der Waals surface area contributed by atoms with Crippen molar-refractivity contribution in [2.75, 3.05) is 49.6 Å². The monoisotopic (exact) mass is 362 g/mol. The van der Waals surface area contributed by atoms with E-state index in [0.29, 0.717) is 19.6 Å². The van der Waals surface area contributed by atoms with Crippen LogP contribution >= 0.6 is 0 Å². The average Bonchev–Trinajstić information content (AvgIpc) is 2.74. The number of pyridine rings is 1. The minimum atomic E-state index is 0.112. The summed E-state index contributed by atoms with van der Waals surface area (Å²) in [5.41, 5.74) is 0.880. The van der Waals surface area contributed by atoms with Gasteiger partial charge in [-0.15, -0.1) is 0 Å². The van der Waals surface area contributed by atoms with Crippen LogP contribution in [0.1, 0.15) is 0 Å². The zero-order valence-electron chi connectivity index (χ0n) is 15.3. The molecule has 1 aliphatic rings. The summed E-state index contributed by atoms with van der Waals surface area (Å²) in [4.78, 5) is 31.9. The van der Waals surface area contributed by atoms with Crippen LogP contribution in [0.15, 0.2) is 55.0 Å². The maximum atomic E-state index is 12.8. The van der Waals surface area contributed by atoms with Gasteiger partial charge in [-0.3, -0.25) is 4.79 Å². The van der Waals surface area contributed by atoms with Gasteiger partial charge in [-0.05, 0) is 24.3 Å². The fraction of sp³-hybridized carbons (Fsp3) is 0.300. The molecule has 2 aromatic heterocycles. The maximum Gasteiger partial charge on any atom is 0.242 e. The number of hydrogen-bond donors (Lipinski definition) is 0. The molecule has 4 rings (SSSR count). The van der Waals surface area contributed by atoms with Crippen molar-refractivity contribution in [1.82, 2.24) is 19.9 Å². The lowest BCUT2D eigenvalue weighted by Crippen LogP contribution is -2.51. The molecule has 1 fully saturated rings. The fourth-order valence-corrected chi connectivity index (χ4v) is 3.40. The predicted molar refractivity (Wildman–Crippen MR) is 106 cm³/mol. The summed E-state index contributed by atoms with van der Waals surface area (Å²) in [6.45, 7) is 3.29. The zero-order chi connectivity index (χ0) is 18.6. The van der Waals surface area contributed by atoms with E-state index in [-0.39, 0.29) is 5.91 Å². The van der Waals surface area contributed by atoms with Crippen LogP contribution in [-0.4, -0.2) is 65.5 Å². The zero-order valence-corrected chi connectivity index (χ0v) is 15.3. The predicted octanol–water partition coefficient (Wildman–Crippen LogP) is 1.81. The van der Waals surface area contributed by atoms with Crippen LogP contribution in [0.5, 0.6) is 0 Å². The molecule has 7 nitrogen and oxygen atoms in total. The van der Waals surface area contributed by atoms with Crippen molar-refractivity contribution >= 4 is 28.4 Å². The number of para-hydroxylation sites is 1. The van der Waals surface area contributed by atoms with E-state index in [2.05, 4.69) is 19.9 Å². The third-order valence-electron chi connectivity index (χ3n) is 4.86. The molecule has 0 atom stereocenters. The van der Waals surface area contributed by atoms with Gasteiger partial charge in [-0.1, -0.05) is 18.2 Å². The summed E-state index contributed by atoms with van der Waals surface area (Å²) < 4.78 is 0. The molecule has 1 amide bonds. The Morgan fingerprint density at radius 1 is 1.00 bits per heavy atom. The minimum Gasteiger partial charge on any atom is -0.353 e. The first kappa shape index (κ1) is 17.2. The molecule has 0 bridgehead atoms. The fourth-order valence-electron chi connectivity index (χ4n) is 3.40. The Hall–Kier alpha value is -3.22. The highest BCUT2D eigenvalue weighted by atomic mass is 16.2. The average molecular weight is 362 g/mol. The van der Waals surface area contributed by atoms with Crippen LogP contribution in [0.3, 0.4) is 0 Å². The van der Waals surface area contributed by atoms with Crippen LogP contribution in [0, 0.1) is 0 Å². The van der Waals surface area contributed by atoms with Crippen LogP contribution in [0.4, 0.5) is 11.6 Å². The van der Waals surface area contributed by atoms with Gasteiger partial charge in [0, 0.05) is 44.8 Å².